The molecule has 0 unspecified atom stereocenters. The molecule has 0 saturated heterocycles. The molecular formula is C23H35NO6. The van der Waals surface area contributed by atoms with Crippen LogP contribution in [-0.4, -0.2) is 42.2 Å². The van der Waals surface area contributed by atoms with Crippen LogP contribution in [0.5, 0.6) is 0 Å². The summed E-state index contributed by atoms with van der Waals surface area (Å²) in [7, 11) is 0. The van der Waals surface area contributed by atoms with Gasteiger partial charge in [-0.25, -0.2) is 0 Å². The minimum atomic E-state index is -0.584. The summed E-state index contributed by atoms with van der Waals surface area (Å²) >= 11 is 0. The number of carbonyl (C=O) groups is 3. The lowest BCUT2D eigenvalue weighted by atomic mass is 10.1. The van der Waals surface area contributed by atoms with Gasteiger partial charge in [-0.1, -0.05) is 30.3 Å². The number of ether oxygens (including phenoxy) is 3. The van der Waals surface area contributed by atoms with Crippen LogP contribution in [0.15, 0.2) is 30.3 Å². The summed E-state index contributed by atoms with van der Waals surface area (Å²) in [6.45, 7) is 9.84. The molecule has 1 N–H and O–H groups in total. The lowest BCUT2D eigenvalue weighted by molar-refractivity contribution is -0.156. The molecule has 0 aromatic heterocycles. The fraction of sp³-hybridized carbons (Fsp3) is 0.609. The Labute approximate surface area is 179 Å². The Kier molecular flexibility index (Phi) is 10.5. The molecule has 168 valence electrons. The number of esters is 2. The summed E-state index contributed by atoms with van der Waals surface area (Å²) in [6, 6.07) is 9.45. The first kappa shape index (κ1) is 25.6. The van der Waals surface area contributed by atoms with Crippen molar-refractivity contribution in [3.05, 3.63) is 35.9 Å². The second-order valence-corrected chi connectivity index (χ2v) is 8.82. The van der Waals surface area contributed by atoms with E-state index in [2.05, 4.69) is 5.32 Å². The number of hydrogen-bond acceptors (Lipinski definition) is 6. The van der Waals surface area contributed by atoms with Gasteiger partial charge in [-0.05, 0) is 46.6 Å². The van der Waals surface area contributed by atoms with Gasteiger partial charge in [0.25, 0.3) is 0 Å². The van der Waals surface area contributed by atoms with Crippen molar-refractivity contribution in [1.29, 1.82) is 0 Å². The largest absolute Gasteiger partial charge is 0.461 e. The van der Waals surface area contributed by atoms with E-state index in [1.54, 1.807) is 0 Å². The van der Waals surface area contributed by atoms with Crippen molar-refractivity contribution in [2.75, 3.05) is 13.2 Å². The molecule has 1 aromatic rings. The van der Waals surface area contributed by atoms with Crippen LogP contribution in [0.3, 0.4) is 0 Å². The average Bonchev–Trinajstić information content (AvgIpc) is 2.62. The van der Waals surface area contributed by atoms with Gasteiger partial charge < -0.3 is 19.5 Å². The average molecular weight is 422 g/mol. The molecule has 0 saturated carbocycles. The van der Waals surface area contributed by atoms with Crippen molar-refractivity contribution in [1.82, 2.24) is 5.32 Å². The van der Waals surface area contributed by atoms with Gasteiger partial charge in [0.15, 0.2) is 0 Å². The topological polar surface area (TPSA) is 90.9 Å². The highest BCUT2D eigenvalue weighted by molar-refractivity contribution is 5.77. The predicted octanol–water partition coefficient (Wildman–Crippen LogP) is 3.54. The van der Waals surface area contributed by atoms with Crippen molar-refractivity contribution in [2.45, 2.75) is 78.0 Å². The van der Waals surface area contributed by atoms with Crippen molar-refractivity contribution in [3.8, 4) is 0 Å². The van der Waals surface area contributed by atoms with Crippen LogP contribution in [0.25, 0.3) is 0 Å². The van der Waals surface area contributed by atoms with Gasteiger partial charge in [-0.3, -0.25) is 14.4 Å². The molecule has 0 aliphatic heterocycles. The lowest BCUT2D eigenvalue weighted by Gasteiger charge is -2.26. The van der Waals surface area contributed by atoms with Crippen LogP contribution < -0.4 is 5.32 Å². The number of nitrogens with one attached hydrogen (secondary N) is 1. The second-order valence-electron chi connectivity index (χ2n) is 8.82. The maximum Gasteiger partial charge on any atom is 0.308 e. The second kappa shape index (κ2) is 12.3. The Bertz CT molecular complexity index is 679. The molecule has 0 fully saturated rings. The van der Waals surface area contributed by atoms with Crippen LogP contribution in [-0.2, 0) is 35.2 Å². The molecule has 7 heteroatoms. The Hall–Kier alpha value is -2.41. The zero-order valence-electron chi connectivity index (χ0n) is 18.8. The Balaban J connectivity index is 2.16. The third-order valence-electron chi connectivity index (χ3n) is 3.84. The Morgan fingerprint density at radius 2 is 1.57 bits per heavy atom. The molecule has 1 aromatic carbocycles. The molecule has 0 spiro atoms. The lowest BCUT2D eigenvalue weighted by Crippen LogP contribution is -2.47. The third-order valence-corrected chi connectivity index (χ3v) is 3.84. The summed E-state index contributed by atoms with van der Waals surface area (Å²) in [5, 5.41) is 2.88. The molecule has 1 amide bonds. The number of hydrogen-bond donors (Lipinski definition) is 1. The molecular weight excluding hydrogens is 386 g/mol. The van der Waals surface area contributed by atoms with E-state index in [9.17, 15) is 14.4 Å². The van der Waals surface area contributed by atoms with Gasteiger partial charge in [0.2, 0.25) is 5.91 Å². The van der Waals surface area contributed by atoms with Gasteiger partial charge >= 0.3 is 11.9 Å². The third kappa shape index (κ3) is 12.9. The first-order valence-electron chi connectivity index (χ1n) is 10.3. The Morgan fingerprint density at radius 1 is 0.900 bits per heavy atom. The summed E-state index contributed by atoms with van der Waals surface area (Å²) in [5.41, 5.74) is -0.172. The quantitative estimate of drug-likeness (QED) is 0.410. The highest BCUT2D eigenvalue weighted by atomic mass is 16.6. The SMILES string of the molecule is CC(C)(COCCC(=O)OC(C)(C)C)NC(=O)CCCC(=O)OCc1ccccc1. The zero-order valence-corrected chi connectivity index (χ0v) is 18.8. The Morgan fingerprint density at radius 3 is 2.20 bits per heavy atom. The van der Waals surface area contributed by atoms with Gasteiger partial charge in [0, 0.05) is 12.8 Å². The van der Waals surface area contributed by atoms with E-state index in [-0.39, 0.29) is 56.9 Å². The first-order valence-corrected chi connectivity index (χ1v) is 10.3. The minimum absolute atomic E-state index is 0.159. The molecule has 0 atom stereocenters. The molecule has 0 aliphatic rings. The standard InChI is InChI=1S/C23H35NO6/c1-22(2,3)30-21(27)14-15-28-17-23(4,5)24-19(25)12-9-13-20(26)29-16-18-10-7-6-8-11-18/h6-8,10-11H,9,12-17H2,1-5H3,(H,24,25). The fourth-order valence-corrected chi connectivity index (χ4v) is 2.55. The highest BCUT2D eigenvalue weighted by Gasteiger charge is 2.21. The molecule has 0 radical (unpaired) electrons. The fourth-order valence-electron chi connectivity index (χ4n) is 2.55. The van der Waals surface area contributed by atoms with Gasteiger partial charge in [0.1, 0.15) is 12.2 Å². The number of carbonyl (C=O) groups excluding carboxylic acids is 3. The van der Waals surface area contributed by atoms with E-state index in [0.29, 0.717) is 6.42 Å². The van der Waals surface area contributed by atoms with Crippen molar-refractivity contribution < 1.29 is 28.6 Å². The molecule has 7 nitrogen and oxygen atoms in total. The van der Waals surface area contributed by atoms with Crippen molar-refractivity contribution in [2.24, 2.45) is 0 Å². The van der Waals surface area contributed by atoms with Gasteiger partial charge in [0.05, 0.1) is 25.2 Å². The predicted molar refractivity (Wildman–Crippen MR) is 114 cm³/mol. The van der Waals surface area contributed by atoms with Crippen LogP contribution in [0.2, 0.25) is 0 Å². The summed E-state index contributed by atoms with van der Waals surface area (Å²) < 4.78 is 15.9. The van der Waals surface area contributed by atoms with E-state index >= 15 is 0 Å². The molecule has 0 bridgehead atoms. The summed E-state index contributed by atoms with van der Waals surface area (Å²) in [6.07, 6.45) is 0.982. The highest BCUT2D eigenvalue weighted by Crippen LogP contribution is 2.10. The monoisotopic (exact) mass is 421 g/mol. The van der Waals surface area contributed by atoms with E-state index in [1.807, 2.05) is 65.0 Å². The van der Waals surface area contributed by atoms with Crippen LogP contribution >= 0.6 is 0 Å². The number of rotatable bonds is 12. The maximum absolute atomic E-state index is 12.1. The first-order chi connectivity index (χ1) is 14.0. The van der Waals surface area contributed by atoms with E-state index in [1.165, 1.54) is 0 Å². The van der Waals surface area contributed by atoms with Crippen molar-refractivity contribution in [3.63, 3.8) is 0 Å². The van der Waals surface area contributed by atoms with Gasteiger partial charge in [-0.2, -0.15) is 0 Å². The van der Waals surface area contributed by atoms with Gasteiger partial charge in [-0.15, -0.1) is 0 Å². The van der Waals surface area contributed by atoms with Crippen molar-refractivity contribution >= 4 is 17.8 Å². The van der Waals surface area contributed by atoms with Crippen LogP contribution in [0.1, 0.15) is 65.9 Å². The minimum Gasteiger partial charge on any atom is -0.461 e. The summed E-state index contributed by atoms with van der Waals surface area (Å²) in [4.78, 5) is 35.6. The van der Waals surface area contributed by atoms with E-state index < -0.39 is 11.1 Å². The van der Waals surface area contributed by atoms with Crippen LogP contribution in [0.4, 0.5) is 0 Å². The molecule has 30 heavy (non-hydrogen) atoms. The zero-order chi connectivity index (χ0) is 22.6. The normalized spacial score (nSPS) is 11.6. The smallest absolute Gasteiger partial charge is 0.308 e. The van der Waals surface area contributed by atoms with Crippen LogP contribution in [0, 0.1) is 0 Å². The molecule has 0 aliphatic carbocycles. The van der Waals surface area contributed by atoms with E-state index in [0.717, 1.165) is 5.56 Å². The number of benzene rings is 1. The maximum atomic E-state index is 12.1. The molecule has 1 rings (SSSR count). The summed E-state index contributed by atoms with van der Waals surface area (Å²) in [5.74, 6) is -0.800. The van der Waals surface area contributed by atoms with E-state index in [4.69, 9.17) is 14.2 Å². The number of amides is 1. The molecule has 0 heterocycles.